The molecule has 2 aromatic carbocycles. The smallest absolute Gasteiger partial charge is 0.263 e. The van der Waals surface area contributed by atoms with Crippen LogP contribution < -0.4 is 14.2 Å². The lowest BCUT2D eigenvalue weighted by Gasteiger charge is -2.11. The average molecular weight is 405 g/mol. The maximum absolute atomic E-state index is 12.4. The van der Waals surface area contributed by atoms with Gasteiger partial charge in [0.2, 0.25) is 5.88 Å². The predicted octanol–water partition coefficient (Wildman–Crippen LogP) is 4.65. The molecule has 0 bridgehead atoms. The van der Waals surface area contributed by atoms with Gasteiger partial charge in [-0.1, -0.05) is 29.8 Å². The molecule has 0 saturated heterocycles. The van der Waals surface area contributed by atoms with Crippen molar-refractivity contribution in [2.75, 3.05) is 11.8 Å². The van der Waals surface area contributed by atoms with Gasteiger partial charge < -0.3 is 9.47 Å². The van der Waals surface area contributed by atoms with Crippen molar-refractivity contribution >= 4 is 27.3 Å². The lowest BCUT2D eigenvalue weighted by atomic mass is 10.2. The van der Waals surface area contributed by atoms with E-state index in [1.807, 2.05) is 19.1 Å². The van der Waals surface area contributed by atoms with Crippen molar-refractivity contribution in [2.24, 2.45) is 0 Å². The number of rotatable bonds is 6. The van der Waals surface area contributed by atoms with Gasteiger partial charge in [-0.3, -0.25) is 4.72 Å². The van der Waals surface area contributed by atoms with Crippen LogP contribution in [0.5, 0.6) is 17.4 Å². The quantitative estimate of drug-likeness (QED) is 0.647. The van der Waals surface area contributed by atoms with Crippen LogP contribution in [0, 0.1) is 6.92 Å². The molecule has 0 aliphatic carbocycles. The molecule has 0 saturated carbocycles. The molecule has 6 nitrogen and oxygen atoms in total. The lowest BCUT2D eigenvalue weighted by molar-refractivity contribution is 0.374. The van der Waals surface area contributed by atoms with Crippen molar-refractivity contribution < 1.29 is 17.9 Å². The molecule has 3 aromatic rings. The molecule has 0 atom stereocenters. The maximum atomic E-state index is 12.4. The van der Waals surface area contributed by atoms with Crippen LogP contribution in [0.15, 0.2) is 65.7 Å². The van der Waals surface area contributed by atoms with Gasteiger partial charge in [-0.25, -0.2) is 13.4 Å². The Morgan fingerprint density at radius 3 is 2.48 bits per heavy atom. The van der Waals surface area contributed by atoms with E-state index < -0.39 is 10.0 Å². The largest absolute Gasteiger partial charge is 0.493 e. The molecule has 27 heavy (non-hydrogen) atoms. The number of pyridine rings is 1. The predicted molar refractivity (Wildman–Crippen MR) is 104 cm³/mol. The first-order valence-electron chi connectivity index (χ1n) is 7.95. The number of nitrogens with zero attached hydrogens (tertiary/aromatic N) is 1. The summed E-state index contributed by atoms with van der Waals surface area (Å²) in [6.07, 6.45) is 1.37. The fraction of sp³-hybridized carbons (Fsp3) is 0.105. The Balaban J connectivity index is 1.77. The molecule has 0 unspecified atom stereocenters. The van der Waals surface area contributed by atoms with Gasteiger partial charge >= 0.3 is 0 Å². The molecule has 0 spiro atoms. The van der Waals surface area contributed by atoms with Gasteiger partial charge in [0.05, 0.1) is 24.0 Å². The molecule has 1 N–H and O–H groups in total. The van der Waals surface area contributed by atoms with Gasteiger partial charge in [-0.05, 0) is 42.8 Å². The first-order valence-corrected chi connectivity index (χ1v) is 9.81. The van der Waals surface area contributed by atoms with Crippen LogP contribution in [0.2, 0.25) is 5.02 Å². The highest BCUT2D eigenvalue weighted by molar-refractivity contribution is 7.92. The van der Waals surface area contributed by atoms with E-state index in [0.717, 1.165) is 5.56 Å². The number of halogens is 1. The van der Waals surface area contributed by atoms with Crippen molar-refractivity contribution in [1.29, 1.82) is 0 Å². The van der Waals surface area contributed by atoms with E-state index >= 15 is 0 Å². The van der Waals surface area contributed by atoms with Gasteiger partial charge in [0, 0.05) is 6.07 Å². The third kappa shape index (κ3) is 4.50. The zero-order chi connectivity index (χ0) is 19.4. The molecule has 3 rings (SSSR count). The topological polar surface area (TPSA) is 77.5 Å². The number of anilines is 1. The second kappa shape index (κ2) is 7.85. The van der Waals surface area contributed by atoms with E-state index in [0.29, 0.717) is 17.4 Å². The minimum absolute atomic E-state index is 0.00335. The Labute approximate surface area is 162 Å². The van der Waals surface area contributed by atoms with Crippen molar-refractivity contribution in [3.05, 3.63) is 71.4 Å². The number of aryl methyl sites for hydroxylation is 1. The Morgan fingerprint density at radius 2 is 1.81 bits per heavy atom. The summed E-state index contributed by atoms with van der Waals surface area (Å²) in [6, 6.07) is 14.8. The third-order valence-electron chi connectivity index (χ3n) is 3.65. The highest BCUT2D eigenvalue weighted by atomic mass is 35.5. The Kier molecular flexibility index (Phi) is 5.53. The van der Waals surface area contributed by atoms with Crippen LogP contribution in [0.3, 0.4) is 0 Å². The molecule has 1 aromatic heterocycles. The van der Waals surface area contributed by atoms with Gasteiger partial charge in [-0.2, -0.15) is 0 Å². The Bertz CT molecular complexity index is 1050. The molecule has 0 radical (unpaired) electrons. The van der Waals surface area contributed by atoms with Gasteiger partial charge in [0.25, 0.3) is 10.0 Å². The number of hydrogen-bond donors (Lipinski definition) is 1. The summed E-state index contributed by atoms with van der Waals surface area (Å²) < 4.78 is 38.3. The van der Waals surface area contributed by atoms with Crippen LogP contribution in [-0.2, 0) is 10.0 Å². The van der Waals surface area contributed by atoms with Crippen molar-refractivity contribution in [3.8, 4) is 17.4 Å². The van der Waals surface area contributed by atoms with Crippen LogP contribution in [0.4, 0.5) is 5.69 Å². The number of benzene rings is 2. The van der Waals surface area contributed by atoms with E-state index in [4.69, 9.17) is 21.1 Å². The van der Waals surface area contributed by atoms with Crippen LogP contribution in [-0.4, -0.2) is 20.5 Å². The first kappa shape index (κ1) is 19.0. The van der Waals surface area contributed by atoms with Crippen molar-refractivity contribution in [3.63, 3.8) is 0 Å². The number of sulfonamides is 1. The van der Waals surface area contributed by atoms with Crippen molar-refractivity contribution in [2.45, 2.75) is 11.8 Å². The zero-order valence-electron chi connectivity index (χ0n) is 14.6. The summed E-state index contributed by atoms with van der Waals surface area (Å²) >= 11 is 5.96. The maximum Gasteiger partial charge on any atom is 0.263 e. The Hall–Kier alpha value is -2.77. The summed E-state index contributed by atoms with van der Waals surface area (Å²) in [5.74, 6) is 1.40. The van der Waals surface area contributed by atoms with Gasteiger partial charge in [-0.15, -0.1) is 0 Å². The lowest BCUT2D eigenvalue weighted by Crippen LogP contribution is -2.13. The van der Waals surface area contributed by atoms with E-state index in [1.165, 1.54) is 18.3 Å². The number of hydrogen-bond acceptors (Lipinski definition) is 5. The SMILES string of the molecule is COc1cc(C)ccc1Oc1ccc(NS(=O)(=O)c2ccccc2Cl)cn1. The Morgan fingerprint density at radius 1 is 1.04 bits per heavy atom. The summed E-state index contributed by atoms with van der Waals surface area (Å²) in [6.45, 7) is 1.95. The van der Waals surface area contributed by atoms with Gasteiger partial charge in [0.15, 0.2) is 11.5 Å². The monoisotopic (exact) mass is 404 g/mol. The third-order valence-corrected chi connectivity index (χ3v) is 5.53. The van der Waals surface area contributed by atoms with Gasteiger partial charge in [0.1, 0.15) is 4.90 Å². The summed E-state index contributed by atoms with van der Waals surface area (Å²) in [4.78, 5) is 4.13. The first-order chi connectivity index (χ1) is 12.9. The standard InChI is InChI=1S/C19H17ClN2O4S/c1-13-7-9-16(17(11-13)25-2)26-19-10-8-14(12-21-19)22-27(23,24)18-6-4-3-5-15(18)20/h3-12,22H,1-2H3. The number of ether oxygens (including phenoxy) is 2. The number of methoxy groups -OCH3 is 1. The van der Waals surface area contributed by atoms with Crippen LogP contribution in [0.1, 0.15) is 5.56 Å². The van der Waals surface area contributed by atoms with Crippen LogP contribution in [0.25, 0.3) is 0 Å². The van der Waals surface area contributed by atoms with Crippen LogP contribution >= 0.6 is 11.6 Å². The second-order valence-corrected chi connectivity index (χ2v) is 7.74. The second-order valence-electron chi connectivity index (χ2n) is 5.68. The average Bonchev–Trinajstić information content (AvgIpc) is 2.64. The summed E-state index contributed by atoms with van der Waals surface area (Å²) in [5, 5.41) is 0.143. The zero-order valence-corrected chi connectivity index (χ0v) is 16.2. The number of aromatic nitrogens is 1. The van der Waals surface area contributed by atoms with E-state index in [9.17, 15) is 8.42 Å². The fourth-order valence-corrected chi connectivity index (χ4v) is 3.91. The van der Waals surface area contributed by atoms with Crippen molar-refractivity contribution in [1.82, 2.24) is 4.98 Å². The molecule has 0 aliphatic rings. The molecule has 0 aliphatic heterocycles. The highest BCUT2D eigenvalue weighted by Crippen LogP contribution is 2.32. The molecule has 0 fully saturated rings. The molecule has 8 heteroatoms. The normalized spacial score (nSPS) is 11.1. The van der Waals surface area contributed by atoms with E-state index in [-0.39, 0.29) is 15.6 Å². The van der Waals surface area contributed by atoms with E-state index in [2.05, 4.69) is 9.71 Å². The summed E-state index contributed by atoms with van der Waals surface area (Å²) in [7, 11) is -2.26. The highest BCUT2D eigenvalue weighted by Gasteiger charge is 2.17. The molecule has 0 amide bonds. The fourth-order valence-electron chi connectivity index (χ4n) is 2.35. The number of nitrogens with one attached hydrogen (secondary N) is 1. The molecular weight excluding hydrogens is 388 g/mol. The minimum Gasteiger partial charge on any atom is -0.493 e. The van der Waals surface area contributed by atoms with E-state index in [1.54, 1.807) is 37.4 Å². The minimum atomic E-state index is -3.81. The molecular formula is C19H17ClN2O4S. The summed E-state index contributed by atoms with van der Waals surface area (Å²) in [5.41, 5.74) is 1.33. The molecule has 1 heterocycles. The molecule has 140 valence electrons.